The molecule has 0 saturated heterocycles. The van der Waals surface area contributed by atoms with Crippen molar-refractivity contribution in [3.05, 3.63) is 47.0 Å². The van der Waals surface area contributed by atoms with Crippen LogP contribution in [0.1, 0.15) is 22.6 Å². The summed E-state index contributed by atoms with van der Waals surface area (Å²) >= 11 is 0. The molecule has 0 amide bonds. The van der Waals surface area contributed by atoms with Gasteiger partial charge in [0.05, 0.1) is 7.11 Å². The van der Waals surface area contributed by atoms with E-state index >= 15 is 0 Å². The van der Waals surface area contributed by atoms with Gasteiger partial charge in [-0.25, -0.2) is 0 Å². The van der Waals surface area contributed by atoms with Crippen molar-refractivity contribution in [3.8, 4) is 23.0 Å². The first-order chi connectivity index (χ1) is 12.0. The van der Waals surface area contributed by atoms with E-state index in [1.807, 2.05) is 0 Å². The quantitative estimate of drug-likeness (QED) is 0.539. The molecule has 3 rings (SSSR count). The van der Waals surface area contributed by atoms with Gasteiger partial charge in [0, 0.05) is 19.1 Å². The average Bonchev–Trinajstić information content (AvgIpc) is 2.62. The van der Waals surface area contributed by atoms with Gasteiger partial charge in [0.2, 0.25) is 0 Å². The van der Waals surface area contributed by atoms with E-state index < -0.39 is 0 Å². The lowest BCUT2D eigenvalue weighted by Gasteiger charge is -2.38. The van der Waals surface area contributed by atoms with Crippen molar-refractivity contribution < 1.29 is 30.3 Å². The molecule has 0 aliphatic heterocycles. The van der Waals surface area contributed by atoms with Gasteiger partial charge < -0.3 is 30.3 Å². The number of hydrogen-bond donors (Lipinski definition) is 5. The normalized spacial score (nSPS) is 22.4. The zero-order valence-corrected chi connectivity index (χ0v) is 13.9. The summed E-state index contributed by atoms with van der Waals surface area (Å²) in [7, 11) is 1.46. The number of rotatable bonds is 4. The highest BCUT2D eigenvalue weighted by Crippen LogP contribution is 2.47. The molecule has 0 fully saturated rings. The van der Waals surface area contributed by atoms with E-state index in [4.69, 9.17) is 4.74 Å². The third-order valence-electron chi connectivity index (χ3n) is 5.10. The van der Waals surface area contributed by atoms with Crippen LogP contribution in [0.25, 0.3) is 0 Å². The van der Waals surface area contributed by atoms with Gasteiger partial charge in [-0.1, -0.05) is 6.07 Å². The molecule has 3 atom stereocenters. The first-order valence-electron chi connectivity index (χ1n) is 8.13. The molecule has 2 aromatic carbocycles. The van der Waals surface area contributed by atoms with Crippen LogP contribution >= 0.6 is 0 Å². The minimum Gasteiger partial charge on any atom is -0.504 e. The second-order valence-corrected chi connectivity index (χ2v) is 6.44. The van der Waals surface area contributed by atoms with Gasteiger partial charge in [-0.05, 0) is 59.2 Å². The van der Waals surface area contributed by atoms with Gasteiger partial charge in [0.15, 0.2) is 23.0 Å². The van der Waals surface area contributed by atoms with Gasteiger partial charge in [0.25, 0.3) is 0 Å². The summed E-state index contributed by atoms with van der Waals surface area (Å²) < 4.78 is 5.18. The van der Waals surface area contributed by atoms with E-state index in [1.54, 1.807) is 12.1 Å². The standard InChI is InChI=1S/C19H22O6/c1-25-18-6-10(2-3-15(18)22)19-13-7-17(24)16(23)5-11(13)4-12(8-20)14(19)9-21/h2-3,5-7,12,14,19-24H,4,8-9H2,1H3/t12-,14-,19-/m1/s1. The lowest BCUT2D eigenvalue weighted by Crippen LogP contribution is -2.35. The van der Waals surface area contributed by atoms with Gasteiger partial charge in [-0.15, -0.1) is 0 Å². The lowest BCUT2D eigenvalue weighted by molar-refractivity contribution is 0.101. The van der Waals surface area contributed by atoms with Gasteiger partial charge in [-0.3, -0.25) is 0 Å². The molecule has 2 aromatic rings. The van der Waals surface area contributed by atoms with Crippen molar-refractivity contribution in [1.82, 2.24) is 0 Å². The van der Waals surface area contributed by atoms with E-state index in [1.165, 1.54) is 25.3 Å². The second kappa shape index (κ2) is 6.82. The Morgan fingerprint density at radius 1 is 0.960 bits per heavy atom. The molecular weight excluding hydrogens is 324 g/mol. The maximum atomic E-state index is 9.95. The zero-order valence-electron chi connectivity index (χ0n) is 13.9. The molecular formula is C19H22O6. The fourth-order valence-electron chi connectivity index (χ4n) is 3.81. The summed E-state index contributed by atoms with van der Waals surface area (Å²) in [5.41, 5.74) is 2.39. The van der Waals surface area contributed by atoms with Crippen molar-refractivity contribution in [2.24, 2.45) is 11.8 Å². The highest BCUT2D eigenvalue weighted by molar-refractivity contribution is 5.53. The van der Waals surface area contributed by atoms with Crippen molar-refractivity contribution in [2.45, 2.75) is 12.3 Å². The average molecular weight is 346 g/mol. The highest BCUT2D eigenvalue weighted by atomic mass is 16.5. The van der Waals surface area contributed by atoms with Gasteiger partial charge in [-0.2, -0.15) is 0 Å². The smallest absolute Gasteiger partial charge is 0.160 e. The Labute approximate surface area is 145 Å². The molecule has 134 valence electrons. The van der Waals surface area contributed by atoms with E-state index in [2.05, 4.69) is 0 Å². The molecule has 1 aliphatic carbocycles. The maximum Gasteiger partial charge on any atom is 0.160 e. The number of benzene rings is 2. The summed E-state index contributed by atoms with van der Waals surface area (Å²) in [5.74, 6) is -0.887. The first kappa shape index (κ1) is 17.4. The summed E-state index contributed by atoms with van der Waals surface area (Å²) in [6, 6.07) is 7.95. The van der Waals surface area contributed by atoms with E-state index in [-0.39, 0.29) is 48.2 Å². The molecule has 0 saturated carbocycles. The highest BCUT2D eigenvalue weighted by Gasteiger charge is 2.38. The number of aromatic hydroxyl groups is 3. The zero-order chi connectivity index (χ0) is 18.1. The Hall–Kier alpha value is -2.44. The third-order valence-corrected chi connectivity index (χ3v) is 5.10. The summed E-state index contributed by atoms with van der Waals surface area (Å²) in [4.78, 5) is 0. The van der Waals surface area contributed by atoms with Gasteiger partial charge in [0.1, 0.15) is 0 Å². The molecule has 0 heterocycles. The van der Waals surface area contributed by atoms with Crippen LogP contribution in [0, 0.1) is 11.8 Å². The third kappa shape index (κ3) is 2.99. The van der Waals surface area contributed by atoms with Crippen molar-refractivity contribution in [1.29, 1.82) is 0 Å². The monoisotopic (exact) mass is 346 g/mol. The van der Waals surface area contributed by atoms with Crippen molar-refractivity contribution in [2.75, 3.05) is 20.3 Å². The molecule has 0 unspecified atom stereocenters. The SMILES string of the molecule is COc1cc([C@@H]2c3cc(O)c(O)cc3C[C@H](CO)[C@H]2CO)ccc1O. The topological polar surface area (TPSA) is 110 Å². The minimum atomic E-state index is -0.313. The van der Waals surface area contributed by atoms with E-state index in [0.29, 0.717) is 12.2 Å². The number of phenols is 3. The first-order valence-corrected chi connectivity index (χ1v) is 8.13. The number of ether oxygens (including phenoxy) is 1. The van der Waals surface area contributed by atoms with Crippen LogP contribution < -0.4 is 4.74 Å². The predicted octanol–water partition coefficient (Wildman–Crippen LogP) is 1.72. The number of phenolic OH excluding ortho intramolecular Hbond substituents is 3. The number of hydrogen-bond acceptors (Lipinski definition) is 6. The van der Waals surface area contributed by atoms with Gasteiger partial charge >= 0.3 is 0 Å². The number of methoxy groups -OCH3 is 1. The Kier molecular flexibility index (Phi) is 4.74. The number of fused-ring (bicyclic) bond motifs is 1. The molecule has 1 aliphatic rings. The molecule has 6 heteroatoms. The van der Waals surface area contributed by atoms with Crippen LogP contribution in [-0.2, 0) is 6.42 Å². The fourth-order valence-corrected chi connectivity index (χ4v) is 3.81. The van der Waals surface area contributed by atoms with E-state index in [0.717, 1.165) is 16.7 Å². The van der Waals surface area contributed by atoms with Crippen molar-refractivity contribution >= 4 is 0 Å². The second-order valence-electron chi connectivity index (χ2n) is 6.44. The maximum absolute atomic E-state index is 9.95. The lowest BCUT2D eigenvalue weighted by atomic mass is 9.67. The number of aliphatic hydroxyl groups excluding tert-OH is 2. The summed E-state index contributed by atoms with van der Waals surface area (Å²) in [6.45, 7) is -0.238. The fraction of sp³-hybridized carbons (Fsp3) is 0.368. The Bertz CT molecular complexity index is 773. The van der Waals surface area contributed by atoms with Crippen LogP contribution in [-0.4, -0.2) is 45.9 Å². The Morgan fingerprint density at radius 2 is 1.68 bits per heavy atom. The molecule has 0 radical (unpaired) electrons. The van der Waals surface area contributed by atoms with Crippen LogP contribution in [0.2, 0.25) is 0 Å². The molecule has 0 bridgehead atoms. The van der Waals surface area contributed by atoms with Crippen molar-refractivity contribution in [3.63, 3.8) is 0 Å². The molecule has 0 spiro atoms. The predicted molar refractivity (Wildman–Crippen MR) is 91.1 cm³/mol. The van der Waals surface area contributed by atoms with Crippen LogP contribution in [0.5, 0.6) is 23.0 Å². The molecule has 25 heavy (non-hydrogen) atoms. The summed E-state index contributed by atoms with van der Waals surface area (Å²) in [6.07, 6.45) is 0.497. The molecule has 6 nitrogen and oxygen atoms in total. The Morgan fingerprint density at radius 3 is 2.32 bits per heavy atom. The largest absolute Gasteiger partial charge is 0.504 e. The molecule has 5 N–H and O–H groups in total. The Balaban J connectivity index is 2.19. The van der Waals surface area contributed by atoms with E-state index in [9.17, 15) is 25.5 Å². The number of aliphatic hydroxyl groups is 2. The van der Waals surface area contributed by atoms with Crippen LogP contribution in [0.4, 0.5) is 0 Å². The van der Waals surface area contributed by atoms with Crippen LogP contribution in [0.15, 0.2) is 30.3 Å². The molecule has 0 aromatic heterocycles. The minimum absolute atomic E-state index is 0.00935. The summed E-state index contributed by atoms with van der Waals surface area (Å²) in [5, 5.41) is 49.3. The van der Waals surface area contributed by atoms with Crippen LogP contribution in [0.3, 0.4) is 0 Å².